The van der Waals surface area contributed by atoms with E-state index in [0.29, 0.717) is 11.7 Å². The van der Waals surface area contributed by atoms with Crippen LogP contribution in [0.3, 0.4) is 0 Å². The van der Waals surface area contributed by atoms with Crippen molar-refractivity contribution in [1.82, 2.24) is 4.72 Å². The van der Waals surface area contributed by atoms with Crippen LogP contribution in [0.1, 0.15) is 22.8 Å². The zero-order valence-electron chi connectivity index (χ0n) is 7.41. The van der Waals surface area contributed by atoms with Crippen LogP contribution < -0.4 is 4.72 Å². The van der Waals surface area contributed by atoms with Crippen LogP contribution in [0.25, 0.3) is 0 Å². The minimum absolute atomic E-state index is 0.135. The van der Waals surface area contributed by atoms with Crippen molar-refractivity contribution in [2.75, 3.05) is 0 Å². The summed E-state index contributed by atoms with van der Waals surface area (Å²) in [6, 6.07) is 8.35. The Morgan fingerprint density at radius 2 is 2.08 bits per heavy atom. The predicted molar refractivity (Wildman–Crippen MR) is 54.3 cm³/mol. The second-order valence-corrected chi connectivity index (χ2v) is 4.26. The van der Waals surface area contributed by atoms with Crippen LogP contribution in [0.5, 0.6) is 0 Å². The molecule has 2 nitrogen and oxygen atoms in total. The van der Waals surface area contributed by atoms with Gasteiger partial charge in [0.15, 0.2) is 0 Å². The molecule has 1 aromatic carbocycles. The molecule has 3 heteroatoms. The monoisotopic (exact) mass is 193 g/mol. The topological polar surface area (TPSA) is 29.1 Å². The smallest absolute Gasteiger partial charge is 0.231 e. The molecule has 0 aliphatic carbocycles. The molecule has 0 aromatic heterocycles. The number of hydrogen-bond donors (Lipinski definition) is 1. The van der Waals surface area contributed by atoms with Crippen molar-refractivity contribution in [3.05, 3.63) is 35.4 Å². The van der Waals surface area contributed by atoms with Gasteiger partial charge in [0.25, 0.3) is 0 Å². The highest BCUT2D eigenvalue weighted by Crippen LogP contribution is 2.34. The Hall–Kier alpha value is -0.960. The van der Waals surface area contributed by atoms with Crippen LogP contribution in [-0.4, -0.2) is 5.91 Å². The lowest BCUT2D eigenvalue weighted by atomic mass is 10.1. The summed E-state index contributed by atoms with van der Waals surface area (Å²) in [6.45, 7) is 2.06. The highest BCUT2D eigenvalue weighted by Gasteiger charge is 2.23. The number of rotatable bonds is 1. The van der Waals surface area contributed by atoms with E-state index in [2.05, 4.69) is 35.9 Å². The summed E-state index contributed by atoms with van der Waals surface area (Å²) in [7, 11) is 0. The number of carbonyl (C=O) groups is 1. The molecule has 1 N–H and O–H groups in total. The highest BCUT2D eigenvalue weighted by molar-refractivity contribution is 7.98. The summed E-state index contributed by atoms with van der Waals surface area (Å²) in [5.41, 5.74) is 2.49. The Morgan fingerprint density at radius 1 is 1.38 bits per heavy atom. The predicted octanol–water partition coefficient (Wildman–Crippen LogP) is 2.20. The molecule has 68 valence electrons. The van der Waals surface area contributed by atoms with E-state index >= 15 is 0 Å². The minimum Gasteiger partial charge on any atom is -0.300 e. The summed E-state index contributed by atoms with van der Waals surface area (Å²) in [6.07, 6.45) is 0.605. The molecule has 1 atom stereocenters. The van der Waals surface area contributed by atoms with Crippen molar-refractivity contribution in [2.45, 2.75) is 18.6 Å². The van der Waals surface area contributed by atoms with Crippen molar-refractivity contribution in [3.63, 3.8) is 0 Å². The SMILES string of the molecule is Cc1ccc(C2CC(=O)NS2)cc1. The highest BCUT2D eigenvalue weighted by atomic mass is 32.2. The second kappa shape index (κ2) is 3.42. The molecule has 1 saturated heterocycles. The average molecular weight is 193 g/mol. The molecule has 1 aromatic rings. The molecule has 1 aliphatic rings. The first-order valence-corrected chi connectivity index (χ1v) is 5.15. The molecule has 0 spiro atoms. The second-order valence-electron chi connectivity index (χ2n) is 3.25. The fraction of sp³-hybridized carbons (Fsp3) is 0.300. The van der Waals surface area contributed by atoms with Gasteiger partial charge in [-0.2, -0.15) is 0 Å². The molecule has 1 unspecified atom stereocenters. The third-order valence-corrected chi connectivity index (χ3v) is 3.20. The fourth-order valence-corrected chi connectivity index (χ4v) is 2.24. The van der Waals surface area contributed by atoms with Gasteiger partial charge in [-0.25, -0.2) is 0 Å². The molecular formula is C10H11NOS. The van der Waals surface area contributed by atoms with E-state index in [-0.39, 0.29) is 5.91 Å². The normalized spacial score (nSPS) is 21.6. The minimum atomic E-state index is 0.135. The van der Waals surface area contributed by atoms with Gasteiger partial charge in [-0.3, -0.25) is 9.52 Å². The van der Waals surface area contributed by atoms with E-state index in [4.69, 9.17) is 0 Å². The number of carbonyl (C=O) groups excluding carboxylic acids is 1. The van der Waals surface area contributed by atoms with Gasteiger partial charge in [0.2, 0.25) is 5.91 Å². The quantitative estimate of drug-likeness (QED) is 0.693. The van der Waals surface area contributed by atoms with Crippen molar-refractivity contribution < 1.29 is 4.79 Å². The Balaban J connectivity index is 2.17. The first-order valence-electron chi connectivity index (χ1n) is 4.27. The lowest BCUT2D eigenvalue weighted by Crippen LogP contribution is -2.04. The lowest BCUT2D eigenvalue weighted by molar-refractivity contribution is -0.118. The number of benzene rings is 1. The summed E-state index contributed by atoms with van der Waals surface area (Å²) < 4.78 is 2.76. The van der Waals surface area contributed by atoms with Gasteiger partial charge < -0.3 is 0 Å². The van der Waals surface area contributed by atoms with Crippen LogP contribution in [-0.2, 0) is 4.79 Å². The van der Waals surface area contributed by atoms with E-state index in [1.165, 1.54) is 23.1 Å². The maximum absolute atomic E-state index is 11.0. The van der Waals surface area contributed by atoms with Gasteiger partial charge in [0, 0.05) is 6.42 Å². The average Bonchev–Trinajstić information content (AvgIpc) is 2.53. The van der Waals surface area contributed by atoms with Crippen LogP contribution in [0.2, 0.25) is 0 Å². The molecule has 2 rings (SSSR count). The molecule has 0 bridgehead atoms. The molecule has 1 fully saturated rings. The van der Waals surface area contributed by atoms with Gasteiger partial charge in [-0.1, -0.05) is 29.8 Å². The lowest BCUT2D eigenvalue weighted by Gasteiger charge is -2.05. The largest absolute Gasteiger partial charge is 0.300 e. The molecule has 1 heterocycles. The molecular weight excluding hydrogens is 182 g/mol. The number of nitrogens with one attached hydrogen (secondary N) is 1. The molecule has 13 heavy (non-hydrogen) atoms. The Morgan fingerprint density at radius 3 is 2.62 bits per heavy atom. The van der Waals surface area contributed by atoms with E-state index in [1.54, 1.807) is 0 Å². The van der Waals surface area contributed by atoms with Crippen LogP contribution in [0.4, 0.5) is 0 Å². The standard InChI is InChI=1S/C10H11NOS/c1-7-2-4-8(5-3-7)9-6-10(12)11-13-9/h2-5,9H,6H2,1H3,(H,11,12). The number of amides is 1. The van der Waals surface area contributed by atoms with Gasteiger partial charge in [-0.05, 0) is 24.4 Å². The van der Waals surface area contributed by atoms with Crippen molar-refractivity contribution >= 4 is 17.9 Å². The van der Waals surface area contributed by atoms with Crippen molar-refractivity contribution in [3.8, 4) is 0 Å². The first-order chi connectivity index (χ1) is 6.25. The van der Waals surface area contributed by atoms with Gasteiger partial charge >= 0.3 is 0 Å². The maximum atomic E-state index is 11.0. The molecule has 0 saturated carbocycles. The van der Waals surface area contributed by atoms with E-state index in [1.807, 2.05) is 0 Å². The summed E-state index contributed by atoms with van der Waals surface area (Å²) in [4.78, 5) is 11.0. The Bertz CT molecular complexity index is 320. The Kier molecular flexibility index (Phi) is 2.27. The fourth-order valence-electron chi connectivity index (χ4n) is 1.36. The summed E-state index contributed by atoms with van der Waals surface area (Å²) in [5, 5.41) is 0.299. The van der Waals surface area contributed by atoms with Crippen LogP contribution in [0.15, 0.2) is 24.3 Å². The van der Waals surface area contributed by atoms with Crippen LogP contribution in [0, 0.1) is 6.92 Å². The van der Waals surface area contributed by atoms with Crippen molar-refractivity contribution in [1.29, 1.82) is 0 Å². The van der Waals surface area contributed by atoms with E-state index < -0.39 is 0 Å². The van der Waals surface area contributed by atoms with Crippen molar-refractivity contribution in [2.24, 2.45) is 0 Å². The molecule has 1 amide bonds. The molecule has 1 aliphatic heterocycles. The summed E-state index contributed by atoms with van der Waals surface area (Å²) in [5.74, 6) is 0.135. The third-order valence-electron chi connectivity index (χ3n) is 2.13. The van der Waals surface area contributed by atoms with Gasteiger partial charge in [-0.15, -0.1) is 0 Å². The molecule has 0 radical (unpaired) electrons. The Labute approximate surface area is 81.9 Å². The van der Waals surface area contributed by atoms with Crippen LogP contribution >= 0.6 is 11.9 Å². The third kappa shape index (κ3) is 1.86. The van der Waals surface area contributed by atoms with Gasteiger partial charge in [0.05, 0.1) is 5.25 Å². The first kappa shape index (κ1) is 8.63. The number of hydrogen-bond acceptors (Lipinski definition) is 2. The van der Waals surface area contributed by atoms with E-state index in [0.717, 1.165) is 0 Å². The number of aryl methyl sites for hydroxylation is 1. The van der Waals surface area contributed by atoms with Gasteiger partial charge in [0.1, 0.15) is 0 Å². The van der Waals surface area contributed by atoms with E-state index in [9.17, 15) is 4.79 Å². The maximum Gasteiger partial charge on any atom is 0.231 e. The summed E-state index contributed by atoms with van der Waals surface area (Å²) >= 11 is 1.51. The zero-order chi connectivity index (χ0) is 9.26. The zero-order valence-corrected chi connectivity index (χ0v) is 8.23.